The molecular weight excluding hydrogens is 200 g/mol. The number of carbonyl (C=O) groups excluding carboxylic acids is 1. The monoisotopic (exact) mass is 214 g/mol. The lowest BCUT2D eigenvalue weighted by atomic mass is 10.1. The van der Waals surface area contributed by atoms with Gasteiger partial charge in [0.2, 0.25) is 5.91 Å². The Balaban J connectivity index is 2.01. The number of nitrogens with one attached hydrogen (secondary N) is 1. The first kappa shape index (κ1) is 10.7. The van der Waals surface area contributed by atoms with Gasteiger partial charge in [0.05, 0.1) is 12.1 Å². The fourth-order valence-electron chi connectivity index (χ4n) is 1.67. The Labute approximate surface area is 95.1 Å². The highest BCUT2D eigenvalue weighted by atomic mass is 16.2. The zero-order valence-corrected chi connectivity index (χ0v) is 9.23. The zero-order valence-electron chi connectivity index (χ0n) is 9.23. The molecule has 0 heterocycles. The molecule has 1 aromatic carbocycles. The third-order valence-corrected chi connectivity index (χ3v) is 3.05. The molecule has 0 bridgehead atoms. The van der Waals surface area contributed by atoms with Crippen molar-refractivity contribution in [2.45, 2.75) is 25.8 Å². The summed E-state index contributed by atoms with van der Waals surface area (Å²) in [5.41, 5.74) is 0.327. The lowest BCUT2D eigenvalue weighted by molar-refractivity contribution is -0.125. The number of carbonyl (C=O) groups is 1. The van der Waals surface area contributed by atoms with Gasteiger partial charge in [-0.05, 0) is 25.3 Å². The van der Waals surface area contributed by atoms with E-state index in [1.165, 1.54) is 0 Å². The van der Waals surface area contributed by atoms with Gasteiger partial charge in [0, 0.05) is 0 Å². The Hall–Kier alpha value is -1.82. The predicted octanol–water partition coefficient (Wildman–Crippen LogP) is 2.17. The molecule has 0 saturated heterocycles. The molecule has 0 aliphatic heterocycles. The van der Waals surface area contributed by atoms with Gasteiger partial charge in [0.25, 0.3) is 0 Å². The Kier molecular flexibility index (Phi) is 2.66. The number of nitrogens with zero attached hydrogens (tertiary/aromatic N) is 1. The smallest absolute Gasteiger partial charge is 0.240 e. The first-order valence-electron chi connectivity index (χ1n) is 5.45. The molecule has 1 aromatic rings. The number of hydrogen-bond donors (Lipinski definition) is 1. The highest BCUT2D eigenvalue weighted by molar-refractivity contribution is 5.88. The van der Waals surface area contributed by atoms with Gasteiger partial charge in [-0.3, -0.25) is 4.79 Å². The van der Waals surface area contributed by atoms with Gasteiger partial charge < -0.3 is 5.32 Å². The fraction of sp³-hybridized carbons (Fsp3) is 0.385. The number of amides is 1. The summed E-state index contributed by atoms with van der Waals surface area (Å²) < 4.78 is 0. The minimum absolute atomic E-state index is 0.0421. The van der Waals surface area contributed by atoms with E-state index in [2.05, 4.69) is 11.4 Å². The van der Waals surface area contributed by atoms with Crippen molar-refractivity contribution in [1.82, 2.24) is 5.32 Å². The summed E-state index contributed by atoms with van der Waals surface area (Å²) in [6, 6.07) is 11.8. The van der Waals surface area contributed by atoms with Gasteiger partial charge in [-0.25, -0.2) is 0 Å². The molecule has 0 aromatic heterocycles. The van der Waals surface area contributed by atoms with Crippen LogP contribution in [0.1, 0.15) is 31.4 Å². The van der Waals surface area contributed by atoms with Gasteiger partial charge in [-0.2, -0.15) is 5.26 Å². The number of nitriles is 1. The molecule has 0 radical (unpaired) electrons. The number of benzene rings is 1. The maximum absolute atomic E-state index is 11.8. The van der Waals surface area contributed by atoms with Crippen LogP contribution < -0.4 is 5.32 Å². The molecule has 16 heavy (non-hydrogen) atoms. The van der Waals surface area contributed by atoms with Crippen LogP contribution in [0.15, 0.2) is 30.3 Å². The minimum atomic E-state index is -0.733. The highest BCUT2D eigenvalue weighted by Gasteiger charge is 2.50. The summed E-state index contributed by atoms with van der Waals surface area (Å²) in [7, 11) is 0. The maximum atomic E-state index is 11.8. The molecular formula is C13H14N2O. The summed E-state index contributed by atoms with van der Waals surface area (Å²) in [6.07, 6.45) is 1.38. The first-order chi connectivity index (χ1) is 7.68. The summed E-state index contributed by atoms with van der Waals surface area (Å²) in [4.78, 5) is 11.8. The molecule has 1 saturated carbocycles. The van der Waals surface area contributed by atoms with Gasteiger partial charge in [-0.15, -0.1) is 0 Å². The van der Waals surface area contributed by atoms with Crippen molar-refractivity contribution >= 4 is 5.91 Å². The van der Waals surface area contributed by atoms with Crippen molar-refractivity contribution in [1.29, 1.82) is 5.26 Å². The topological polar surface area (TPSA) is 52.9 Å². The van der Waals surface area contributed by atoms with Crippen LogP contribution in [-0.2, 0) is 4.79 Å². The fourth-order valence-corrected chi connectivity index (χ4v) is 1.67. The van der Waals surface area contributed by atoms with E-state index in [9.17, 15) is 4.79 Å². The van der Waals surface area contributed by atoms with Crippen LogP contribution in [0.2, 0.25) is 0 Å². The third kappa shape index (κ3) is 1.92. The Bertz CT molecular complexity index is 429. The van der Waals surface area contributed by atoms with E-state index in [-0.39, 0.29) is 11.9 Å². The summed E-state index contributed by atoms with van der Waals surface area (Å²) in [6.45, 7) is 1.93. The Morgan fingerprint density at radius 3 is 2.56 bits per heavy atom. The Morgan fingerprint density at radius 1 is 1.44 bits per heavy atom. The van der Waals surface area contributed by atoms with E-state index in [1.807, 2.05) is 37.3 Å². The summed E-state index contributed by atoms with van der Waals surface area (Å²) >= 11 is 0. The molecule has 1 unspecified atom stereocenters. The molecule has 1 aliphatic carbocycles. The van der Waals surface area contributed by atoms with Crippen molar-refractivity contribution in [2.75, 3.05) is 0 Å². The maximum Gasteiger partial charge on any atom is 0.240 e. The molecule has 3 nitrogen and oxygen atoms in total. The van der Waals surface area contributed by atoms with Crippen LogP contribution in [0.5, 0.6) is 0 Å². The first-order valence-corrected chi connectivity index (χ1v) is 5.45. The van der Waals surface area contributed by atoms with E-state index in [0.717, 1.165) is 5.56 Å². The second-order valence-corrected chi connectivity index (χ2v) is 4.30. The lowest BCUT2D eigenvalue weighted by Crippen LogP contribution is -2.33. The predicted molar refractivity (Wildman–Crippen MR) is 60.3 cm³/mol. The standard InChI is InChI=1S/C13H14N2O/c1-10(11-5-3-2-4-6-11)15-12(16)13(9-14)7-8-13/h2-6,10H,7-8H2,1H3,(H,15,16). The van der Waals surface area contributed by atoms with Crippen LogP contribution in [-0.4, -0.2) is 5.91 Å². The molecule has 2 rings (SSSR count). The van der Waals surface area contributed by atoms with Crippen LogP contribution in [0.25, 0.3) is 0 Å². The second-order valence-electron chi connectivity index (χ2n) is 4.30. The summed E-state index contributed by atoms with van der Waals surface area (Å²) in [5, 5.41) is 11.8. The molecule has 82 valence electrons. The molecule has 0 spiro atoms. The quantitative estimate of drug-likeness (QED) is 0.838. The van der Waals surface area contributed by atoms with Crippen molar-refractivity contribution in [2.24, 2.45) is 5.41 Å². The van der Waals surface area contributed by atoms with Crippen molar-refractivity contribution in [3.63, 3.8) is 0 Å². The number of hydrogen-bond acceptors (Lipinski definition) is 2. The van der Waals surface area contributed by atoms with Crippen LogP contribution in [0.4, 0.5) is 0 Å². The van der Waals surface area contributed by atoms with E-state index < -0.39 is 5.41 Å². The molecule has 1 amide bonds. The molecule has 1 atom stereocenters. The van der Waals surface area contributed by atoms with Gasteiger partial charge in [0.1, 0.15) is 5.41 Å². The second kappa shape index (κ2) is 3.97. The van der Waals surface area contributed by atoms with Gasteiger partial charge >= 0.3 is 0 Å². The summed E-state index contributed by atoms with van der Waals surface area (Å²) in [5.74, 6) is -0.133. The largest absolute Gasteiger partial charge is 0.348 e. The Morgan fingerprint density at radius 2 is 2.06 bits per heavy atom. The average molecular weight is 214 g/mol. The molecule has 3 heteroatoms. The molecule has 1 fully saturated rings. The van der Waals surface area contributed by atoms with E-state index in [0.29, 0.717) is 12.8 Å². The van der Waals surface area contributed by atoms with Crippen LogP contribution in [0, 0.1) is 16.7 Å². The molecule has 1 N–H and O–H groups in total. The van der Waals surface area contributed by atoms with Crippen LogP contribution in [0.3, 0.4) is 0 Å². The van der Waals surface area contributed by atoms with Crippen molar-refractivity contribution < 1.29 is 4.79 Å². The third-order valence-electron chi connectivity index (χ3n) is 3.05. The number of rotatable bonds is 3. The van der Waals surface area contributed by atoms with E-state index in [4.69, 9.17) is 5.26 Å². The minimum Gasteiger partial charge on any atom is -0.348 e. The van der Waals surface area contributed by atoms with E-state index in [1.54, 1.807) is 0 Å². The zero-order chi connectivity index (χ0) is 11.6. The highest BCUT2D eigenvalue weighted by Crippen LogP contribution is 2.45. The van der Waals surface area contributed by atoms with E-state index >= 15 is 0 Å². The van der Waals surface area contributed by atoms with Gasteiger partial charge in [0.15, 0.2) is 0 Å². The SMILES string of the molecule is CC(NC(=O)C1(C#N)CC1)c1ccccc1. The normalized spacial score (nSPS) is 18.2. The van der Waals surface area contributed by atoms with Gasteiger partial charge in [-0.1, -0.05) is 30.3 Å². The lowest BCUT2D eigenvalue weighted by Gasteiger charge is -2.16. The van der Waals surface area contributed by atoms with Crippen LogP contribution >= 0.6 is 0 Å². The van der Waals surface area contributed by atoms with Crippen molar-refractivity contribution in [3.05, 3.63) is 35.9 Å². The molecule has 1 aliphatic rings. The van der Waals surface area contributed by atoms with Crippen molar-refractivity contribution in [3.8, 4) is 6.07 Å². The average Bonchev–Trinajstić information content (AvgIpc) is 3.11.